The van der Waals surface area contributed by atoms with Gasteiger partial charge in [0.05, 0.1) is 26.3 Å². The number of nitrogens with two attached hydrogens (primary N) is 1. The smallest absolute Gasteiger partial charge is 0.119 e. The van der Waals surface area contributed by atoms with Crippen LogP contribution in [-0.2, 0) is 0 Å². The van der Waals surface area contributed by atoms with E-state index in [9.17, 15) is 0 Å². The topological polar surface area (TPSA) is 46.1 Å². The minimum absolute atomic E-state index is 0.263. The van der Waals surface area contributed by atoms with Gasteiger partial charge in [-0.25, -0.2) is 0 Å². The third-order valence-corrected chi connectivity index (χ3v) is 3.47. The van der Waals surface area contributed by atoms with Crippen molar-refractivity contribution in [1.29, 1.82) is 0 Å². The molecule has 0 saturated carbocycles. The van der Waals surface area contributed by atoms with E-state index in [1.807, 2.05) is 0 Å². The molecule has 0 heterocycles. The summed E-state index contributed by atoms with van der Waals surface area (Å²) < 4.78 is 5.72. The van der Waals surface area contributed by atoms with E-state index in [1.54, 1.807) is 0 Å². The van der Waals surface area contributed by atoms with Gasteiger partial charge in [-0.1, -0.05) is 26.0 Å². The zero-order valence-electron chi connectivity index (χ0n) is 12.3. The minimum atomic E-state index is 0.263. The third-order valence-electron chi connectivity index (χ3n) is 3.47. The fourth-order valence-corrected chi connectivity index (χ4v) is 1.94. The standard InChI is InChI=1S/C16H27NO2/c1-3-14(2)15-6-8-16(9-7-15)19-13-5-4-10-17-11-12-18/h6-9,14,17-18H,3-5,10-13H2,1-2H3/p+1/t14-/m1/s1. The maximum absolute atomic E-state index is 8.64. The average Bonchev–Trinajstić information content (AvgIpc) is 2.46. The Bertz CT molecular complexity index is 324. The van der Waals surface area contributed by atoms with Crippen LogP contribution in [-0.4, -0.2) is 31.4 Å². The largest absolute Gasteiger partial charge is 0.494 e. The van der Waals surface area contributed by atoms with Crippen LogP contribution in [0.15, 0.2) is 24.3 Å². The zero-order chi connectivity index (χ0) is 13.9. The number of unbranched alkanes of at least 4 members (excludes halogenated alkanes) is 1. The van der Waals surface area contributed by atoms with Crippen LogP contribution in [0.4, 0.5) is 0 Å². The van der Waals surface area contributed by atoms with Crippen molar-refractivity contribution < 1.29 is 15.2 Å². The van der Waals surface area contributed by atoms with Crippen LogP contribution in [0.1, 0.15) is 44.6 Å². The van der Waals surface area contributed by atoms with Gasteiger partial charge in [0, 0.05) is 0 Å². The van der Waals surface area contributed by atoms with Crippen molar-refractivity contribution in [3.05, 3.63) is 29.8 Å². The molecule has 0 aromatic heterocycles. The summed E-state index contributed by atoms with van der Waals surface area (Å²) in [6.45, 7) is 7.37. The summed E-state index contributed by atoms with van der Waals surface area (Å²) >= 11 is 0. The molecule has 3 nitrogen and oxygen atoms in total. The summed E-state index contributed by atoms with van der Waals surface area (Å²) in [6.07, 6.45) is 3.37. The van der Waals surface area contributed by atoms with E-state index in [1.165, 1.54) is 12.0 Å². The van der Waals surface area contributed by atoms with Gasteiger partial charge >= 0.3 is 0 Å². The van der Waals surface area contributed by atoms with E-state index in [-0.39, 0.29) is 6.61 Å². The molecule has 19 heavy (non-hydrogen) atoms. The Labute approximate surface area is 117 Å². The molecule has 1 aromatic carbocycles. The van der Waals surface area contributed by atoms with Gasteiger partial charge in [-0.15, -0.1) is 0 Å². The number of quaternary nitrogens is 1. The number of ether oxygens (including phenoxy) is 1. The van der Waals surface area contributed by atoms with Crippen molar-refractivity contribution >= 4 is 0 Å². The molecule has 3 heteroatoms. The lowest BCUT2D eigenvalue weighted by molar-refractivity contribution is -0.656. The van der Waals surface area contributed by atoms with Crippen LogP contribution in [0.25, 0.3) is 0 Å². The maximum Gasteiger partial charge on any atom is 0.119 e. The van der Waals surface area contributed by atoms with E-state index in [2.05, 4.69) is 43.4 Å². The molecule has 1 atom stereocenters. The molecule has 0 aliphatic rings. The Hall–Kier alpha value is -1.06. The number of rotatable bonds is 10. The van der Waals surface area contributed by atoms with Gasteiger partial charge < -0.3 is 15.2 Å². The second-order valence-electron chi connectivity index (χ2n) is 5.02. The van der Waals surface area contributed by atoms with E-state index in [4.69, 9.17) is 9.84 Å². The van der Waals surface area contributed by atoms with Crippen molar-refractivity contribution in [2.45, 2.75) is 39.0 Å². The van der Waals surface area contributed by atoms with Crippen LogP contribution >= 0.6 is 0 Å². The summed E-state index contributed by atoms with van der Waals surface area (Å²) in [5.41, 5.74) is 1.38. The van der Waals surface area contributed by atoms with Crippen LogP contribution in [0, 0.1) is 0 Å². The van der Waals surface area contributed by atoms with Gasteiger partial charge in [0.15, 0.2) is 0 Å². The maximum atomic E-state index is 8.64. The van der Waals surface area contributed by atoms with E-state index >= 15 is 0 Å². The van der Waals surface area contributed by atoms with Crippen LogP contribution < -0.4 is 10.1 Å². The molecule has 3 N–H and O–H groups in total. The number of aliphatic hydroxyl groups excluding tert-OH is 1. The number of benzene rings is 1. The van der Waals surface area contributed by atoms with Gasteiger partial charge in [0.1, 0.15) is 5.75 Å². The molecular formula is C16H28NO2+. The van der Waals surface area contributed by atoms with Gasteiger partial charge in [-0.3, -0.25) is 0 Å². The Morgan fingerprint density at radius 3 is 2.53 bits per heavy atom. The van der Waals surface area contributed by atoms with Crippen LogP contribution in [0.5, 0.6) is 5.75 Å². The van der Waals surface area contributed by atoms with Crippen LogP contribution in [0.2, 0.25) is 0 Å². The number of hydrogen-bond donors (Lipinski definition) is 2. The second kappa shape index (κ2) is 9.82. The van der Waals surface area contributed by atoms with Gasteiger partial charge in [0.2, 0.25) is 0 Å². The first-order chi connectivity index (χ1) is 9.27. The van der Waals surface area contributed by atoms with Crippen LogP contribution in [0.3, 0.4) is 0 Å². The summed E-state index contributed by atoms with van der Waals surface area (Å²) in [7, 11) is 0. The monoisotopic (exact) mass is 266 g/mol. The molecular weight excluding hydrogens is 238 g/mol. The lowest BCUT2D eigenvalue weighted by atomic mass is 9.99. The number of hydrogen-bond acceptors (Lipinski definition) is 2. The summed E-state index contributed by atoms with van der Waals surface area (Å²) in [5, 5.41) is 10.8. The molecule has 1 rings (SSSR count). The molecule has 0 aliphatic carbocycles. The highest BCUT2D eigenvalue weighted by Crippen LogP contribution is 2.21. The molecule has 1 aromatic rings. The minimum Gasteiger partial charge on any atom is -0.494 e. The molecule has 0 radical (unpaired) electrons. The highest BCUT2D eigenvalue weighted by molar-refractivity contribution is 5.29. The molecule has 0 unspecified atom stereocenters. The van der Waals surface area contributed by atoms with Gasteiger partial charge in [-0.2, -0.15) is 0 Å². The van der Waals surface area contributed by atoms with Gasteiger partial charge in [-0.05, 0) is 42.9 Å². The first kappa shape index (κ1) is 16.0. The van der Waals surface area contributed by atoms with Crippen molar-refractivity contribution in [3.63, 3.8) is 0 Å². The molecule has 0 amide bonds. The Balaban J connectivity index is 2.16. The van der Waals surface area contributed by atoms with Crippen molar-refractivity contribution in [2.75, 3.05) is 26.3 Å². The van der Waals surface area contributed by atoms with Crippen molar-refractivity contribution in [3.8, 4) is 5.75 Å². The normalized spacial score (nSPS) is 12.4. The van der Waals surface area contributed by atoms with E-state index in [0.29, 0.717) is 5.92 Å². The summed E-state index contributed by atoms with van der Waals surface area (Å²) in [6, 6.07) is 8.47. The molecule has 0 saturated heterocycles. The lowest BCUT2D eigenvalue weighted by Gasteiger charge is -2.10. The molecule has 108 valence electrons. The summed E-state index contributed by atoms with van der Waals surface area (Å²) in [5.74, 6) is 1.59. The molecule has 0 bridgehead atoms. The van der Waals surface area contributed by atoms with E-state index < -0.39 is 0 Å². The fraction of sp³-hybridized carbons (Fsp3) is 0.625. The van der Waals surface area contributed by atoms with E-state index in [0.717, 1.165) is 38.3 Å². The SMILES string of the molecule is CC[C@@H](C)c1ccc(OCCCC[NH2+]CCO)cc1. The Morgan fingerprint density at radius 2 is 1.89 bits per heavy atom. The lowest BCUT2D eigenvalue weighted by Crippen LogP contribution is -2.85. The average molecular weight is 266 g/mol. The molecule has 0 fully saturated rings. The molecule has 0 aliphatic heterocycles. The van der Waals surface area contributed by atoms with Crippen molar-refractivity contribution in [2.24, 2.45) is 0 Å². The predicted octanol–water partition coefficient (Wildman–Crippen LogP) is 1.91. The van der Waals surface area contributed by atoms with Crippen molar-refractivity contribution in [1.82, 2.24) is 0 Å². The number of aliphatic hydroxyl groups is 1. The highest BCUT2D eigenvalue weighted by atomic mass is 16.5. The quantitative estimate of drug-likeness (QED) is 0.636. The first-order valence-corrected chi connectivity index (χ1v) is 7.43. The first-order valence-electron chi connectivity index (χ1n) is 7.43. The molecule has 0 spiro atoms. The third kappa shape index (κ3) is 6.60. The second-order valence-corrected chi connectivity index (χ2v) is 5.02. The zero-order valence-corrected chi connectivity index (χ0v) is 12.3. The Morgan fingerprint density at radius 1 is 1.16 bits per heavy atom. The summed E-state index contributed by atoms with van der Waals surface area (Å²) in [4.78, 5) is 0. The fourth-order valence-electron chi connectivity index (χ4n) is 1.94. The predicted molar refractivity (Wildman–Crippen MR) is 78.6 cm³/mol. The van der Waals surface area contributed by atoms with Gasteiger partial charge in [0.25, 0.3) is 0 Å². The highest BCUT2D eigenvalue weighted by Gasteiger charge is 2.02. The Kier molecular flexibility index (Phi) is 8.26.